The maximum Gasteiger partial charge on any atom is 0.311 e. The number of primary amides is 1. The fraction of sp³-hybridized carbons (Fsp3) is 0.364. The van der Waals surface area contributed by atoms with E-state index in [1.54, 1.807) is 0 Å². The Morgan fingerprint density at radius 3 is 2.05 bits per heavy atom. The molecule has 1 rings (SSSR count). The molecule has 10 heteroatoms. The van der Waals surface area contributed by atoms with E-state index in [2.05, 4.69) is 0 Å². The van der Waals surface area contributed by atoms with Crippen molar-refractivity contribution in [2.75, 3.05) is 0 Å². The lowest BCUT2D eigenvalue weighted by Gasteiger charge is -2.30. The summed E-state index contributed by atoms with van der Waals surface area (Å²) in [7, 11) is 0. The van der Waals surface area contributed by atoms with E-state index in [-0.39, 0.29) is 0 Å². The first-order valence-electron chi connectivity index (χ1n) is 5.75. The van der Waals surface area contributed by atoms with Crippen LogP contribution in [0.5, 0.6) is 0 Å². The summed E-state index contributed by atoms with van der Waals surface area (Å²) in [5, 5.41) is 21.7. The van der Waals surface area contributed by atoms with Gasteiger partial charge >= 0.3 is 5.69 Å². The van der Waals surface area contributed by atoms with E-state index >= 15 is 0 Å². The maximum absolute atomic E-state index is 13.7. The maximum atomic E-state index is 13.7. The van der Waals surface area contributed by atoms with Gasteiger partial charge < -0.3 is 11.5 Å². The minimum Gasteiger partial charge on any atom is -0.368 e. The summed E-state index contributed by atoms with van der Waals surface area (Å²) in [5.41, 5.74) is 6.55. The van der Waals surface area contributed by atoms with Crippen LogP contribution < -0.4 is 11.5 Å². The van der Waals surface area contributed by atoms with Crippen LogP contribution in [0.3, 0.4) is 0 Å². The molecule has 9 nitrogen and oxygen atoms in total. The molecular weight excluding hydrogens is 287 g/mol. The average molecular weight is 300 g/mol. The second kappa shape index (κ2) is 5.40. The molecule has 114 valence electrons. The van der Waals surface area contributed by atoms with Gasteiger partial charge in [-0.15, -0.1) is 0 Å². The number of rotatable bonds is 5. The number of carbonyl (C=O) groups is 1. The standard InChI is InChI=1S/C11H13FN4O5/c1-5(2)11(14,10(13)17)6-3-7(12)9(16(20)21)4-8(6)15(18)19/h3-5H,14H2,1-2H3,(H2,13,17)/t11-/m1/s1. The minimum atomic E-state index is -2.03. The molecule has 0 unspecified atom stereocenters. The molecule has 0 saturated carbocycles. The number of hydrogen-bond donors (Lipinski definition) is 2. The van der Waals surface area contributed by atoms with Gasteiger partial charge in [-0.3, -0.25) is 25.0 Å². The van der Waals surface area contributed by atoms with Gasteiger partial charge in [0.05, 0.1) is 21.5 Å². The molecule has 1 atom stereocenters. The molecule has 21 heavy (non-hydrogen) atoms. The van der Waals surface area contributed by atoms with Gasteiger partial charge in [-0.1, -0.05) is 13.8 Å². The van der Waals surface area contributed by atoms with Crippen LogP contribution in [-0.4, -0.2) is 15.8 Å². The first-order chi connectivity index (χ1) is 9.53. The van der Waals surface area contributed by atoms with Crippen LogP contribution in [0.25, 0.3) is 0 Å². The van der Waals surface area contributed by atoms with Crippen LogP contribution in [-0.2, 0) is 10.3 Å². The van der Waals surface area contributed by atoms with Gasteiger partial charge in [0.25, 0.3) is 5.69 Å². The quantitative estimate of drug-likeness (QED) is 0.608. The lowest BCUT2D eigenvalue weighted by atomic mass is 9.79. The van der Waals surface area contributed by atoms with Crippen LogP contribution in [0.4, 0.5) is 15.8 Å². The van der Waals surface area contributed by atoms with Crippen molar-refractivity contribution in [2.45, 2.75) is 19.4 Å². The third-order valence-corrected chi connectivity index (χ3v) is 3.22. The van der Waals surface area contributed by atoms with Crippen molar-refractivity contribution >= 4 is 17.3 Å². The number of amides is 1. The van der Waals surface area contributed by atoms with Crippen molar-refractivity contribution in [3.63, 3.8) is 0 Å². The summed E-state index contributed by atoms with van der Waals surface area (Å²) >= 11 is 0. The van der Waals surface area contributed by atoms with Gasteiger partial charge in [-0.2, -0.15) is 4.39 Å². The molecule has 1 aromatic rings. The van der Waals surface area contributed by atoms with Crippen LogP contribution in [0, 0.1) is 32.0 Å². The summed E-state index contributed by atoms with van der Waals surface area (Å²) in [6.45, 7) is 2.93. The second-order valence-electron chi connectivity index (χ2n) is 4.72. The third-order valence-electron chi connectivity index (χ3n) is 3.22. The Bertz CT molecular complexity index is 633. The SMILES string of the molecule is CC(C)[C@](N)(C(N)=O)c1cc(F)c([N+](=O)[O-])cc1[N+](=O)[O-]. The summed E-state index contributed by atoms with van der Waals surface area (Å²) in [5.74, 6) is -3.14. The highest BCUT2D eigenvalue weighted by Gasteiger charge is 2.44. The van der Waals surface area contributed by atoms with Crippen molar-refractivity contribution in [2.24, 2.45) is 17.4 Å². The second-order valence-corrected chi connectivity index (χ2v) is 4.72. The van der Waals surface area contributed by atoms with E-state index in [0.29, 0.717) is 12.1 Å². The fourth-order valence-electron chi connectivity index (χ4n) is 1.90. The molecule has 0 spiro atoms. The minimum absolute atomic E-state index is 0.428. The molecule has 4 N–H and O–H groups in total. The Hall–Kier alpha value is -2.62. The topological polar surface area (TPSA) is 155 Å². The molecule has 0 bridgehead atoms. The average Bonchev–Trinajstić information content (AvgIpc) is 2.35. The number of nitrogens with zero attached hydrogens (tertiary/aromatic N) is 2. The van der Waals surface area contributed by atoms with E-state index in [4.69, 9.17) is 11.5 Å². The van der Waals surface area contributed by atoms with Crippen molar-refractivity contribution in [1.82, 2.24) is 0 Å². The smallest absolute Gasteiger partial charge is 0.311 e. The number of halogens is 1. The molecule has 0 fully saturated rings. The first-order valence-corrected chi connectivity index (χ1v) is 5.75. The van der Waals surface area contributed by atoms with Crippen molar-refractivity contribution < 1.29 is 19.0 Å². The summed E-state index contributed by atoms with van der Waals surface area (Å²) < 4.78 is 13.7. The van der Waals surface area contributed by atoms with E-state index < -0.39 is 50.0 Å². The van der Waals surface area contributed by atoms with Crippen LogP contribution in [0.1, 0.15) is 19.4 Å². The van der Waals surface area contributed by atoms with Crippen LogP contribution in [0.2, 0.25) is 0 Å². The molecular formula is C11H13FN4O5. The highest BCUT2D eigenvalue weighted by Crippen LogP contribution is 2.37. The van der Waals surface area contributed by atoms with E-state index in [0.717, 1.165) is 0 Å². The number of nitrogens with two attached hydrogens (primary N) is 2. The van der Waals surface area contributed by atoms with Gasteiger partial charge in [0.15, 0.2) is 0 Å². The molecule has 0 aliphatic heterocycles. The summed E-state index contributed by atoms with van der Waals surface area (Å²) in [6, 6.07) is 0.943. The molecule has 0 aliphatic rings. The Morgan fingerprint density at radius 2 is 1.71 bits per heavy atom. The van der Waals surface area contributed by atoms with Gasteiger partial charge in [-0.25, -0.2) is 0 Å². The summed E-state index contributed by atoms with van der Waals surface area (Å²) in [6.07, 6.45) is 0. The van der Waals surface area contributed by atoms with E-state index in [9.17, 15) is 29.4 Å². The molecule has 1 amide bonds. The van der Waals surface area contributed by atoms with Crippen molar-refractivity contribution in [3.8, 4) is 0 Å². The van der Waals surface area contributed by atoms with Crippen LogP contribution >= 0.6 is 0 Å². The number of nitro groups is 2. The lowest BCUT2D eigenvalue weighted by molar-refractivity contribution is -0.396. The highest BCUT2D eigenvalue weighted by molar-refractivity contribution is 5.87. The Balaban J connectivity index is 3.77. The fourth-order valence-corrected chi connectivity index (χ4v) is 1.90. The van der Waals surface area contributed by atoms with Crippen molar-refractivity contribution in [3.05, 3.63) is 43.7 Å². The van der Waals surface area contributed by atoms with E-state index in [1.807, 2.05) is 0 Å². The van der Waals surface area contributed by atoms with Crippen LogP contribution in [0.15, 0.2) is 12.1 Å². The Labute approximate surface area is 118 Å². The number of benzene rings is 1. The van der Waals surface area contributed by atoms with Gasteiger partial charge in [0, 0.05) is 0 Å². The Morgan fingerprint density at radius 1 is 1.24 bits per heavy atom. The largest absolute Gasteiger partial charge is 0.368 e. The zero-order valence-electron chi connectivity index (χ0n) is 11.2. The molecule has 1 aromatic carbocycles. The van der Waals surface area contributed by atoms with E-state index in [1.165, 1.54) is 13.8 Å². The molecule has 0 aromatic heterocycles. The monoisotopic (exact) mass is 300 g/mol. The lowest BCUT2D eigenvalue weighted by Crippen LogP contribution is -2.53. The zero-order chi connectivity index (χ0) is 16.5. The summed E-state index contributed by atoms with van der Waals surface area (Å²) in [4.78, 5) is 31.2. The predicted molar refractivity (Wildman–Crippen MR) is 69.6 cm³/mol. The number of carbonyl (C=O) groups excluding carboxylic acids is 1. The van der Waals surface area contributed by atoms with Gasteiger partial charge in [0.1, 0.15) is 5.54 Å². The molecule has 0 aliphatic carbocycles. The third kappa shape index (κ3) is 2.65. The predicted octanol–water partition coefficient (Wildman–Crippen LogP) is 0.937. The molecule has 0 radical (unpaired) electrons. The zero-order valence-corrected chi connectivity index (χ0v) is 11.2. The van der Waals surface area contributed by atoms with Gasteiger partial charge in [0.2, 0.25) is 11.7 Å². The van der Waals surface area contributed by atoms with Gasteiger partial charge in [-0.05, 0) is 12.0 Å². The molecule has 0 saturated heterocycles. The van der Waals surface area contributed by atoms with Crippen molar-refractivity contribution in [1.29, 1.82) is 0 Å². The Kier molecular flexibility index (Phi) is 4.23. The number of nitro benzene ring substituents is 2. The molecule has 0 heterocycles. The highest BCUT2D eigenvalue weighted by atomic mass is 19.1. The number of hydrogen-bond acceptors (Lipinski definition) is 6. The normalized spacial score (nSPS) is 13.8. The first kappa shape index (κ1) is 16.4.